The fourth-order valence-electron chi connectivity index (χ4n) is 3.13. The number of carbonyl (C=O) groups is 3. The van der Waals surface area contributed by atoms with Gasteiger partial charge in [-0.25, -0.2) is 4.98 Å². The normalized spacial score (nSPS) is 11.5. The van der Waals surface area contributed by atoms with Crippen molar-refractivity contribution in [2.45, 2.75) is 32.7 Å². The monoisotopic (exact) mass is 484 g/mol. The van der Waals surface area contributed by atoms with Gasteiger partial charge in [-0.3, -0.25) is 14.4 Å². The van der Waals surface area contributed by atoms with E-state index in [1.54, 1.807) is 24.3 Å². The zero-order valence-corrected chi connectivity index (χ0v) is 19.9. The van der Waals surface area contributed by atoms with Crippen LogP contribution in [0.1, 0.15) is 48.7 Å². The predicted molar refractivity (Wildman–Crippen MR) is 131 cm³/mol. The van der Waals surface area contributed by atoms with E-state index < -0.39 is 0 Å². The predicted octanol–water partition coefficient (Wildman–Crippen LogP) is 4.81. The van der Waals surface area contributed by atoms with Crippen LogP contribution in [0.2, 0.25) is 5.02 Å². The molecule has 0 saturated heterocycles. The highest BCUT2D eigenvalue weighted by Gasteiger charge is 2.11. The van der Waals surface area contributed by atoms with Crippen molar-refractivity contribution in [3.8, 4) is 11.3 Å². The molecular formula is C24H25ClN4O3S. The maximum Gasteiger partial charge on any atom is 0.251 e. The maximum absolute atomic E-state index is 12.2. The lowest BCUT2D eigenvalue weighted by atomic mass is 10.1. The van der Waals surface area contributed by atoms with Crippen molar-refractivity contribution in [2.75, 3.05) is 11.9 Å². The quantitative estimate of drug-likeness (QED) is 0.379. The number of thiazole rings is 1. The van der Waals surface area contributed by atoms with E-state index in [1.165, 1.54) is 18.3 Å². The van der Waals surface area contributed by atoms with Gasteiger partial charge in [-0.1, -0.05) is 35.9 Å². The molecule has 0 aliphatic carbocycles. The first kappa shape index (κ1) is 24.4. The van der Waals surface area contributed by atoms with Gasteiger partial charge < -0.3 is 16.0 Å². The van der Waals surface area contributed by atoms with E-state index in [9.17, 15) is 14.4 Å². The Morgan fingerprint density at radius 1 is 1.06 bits per heavy atom. The Labute approximate surface area is 201 Å². The number of aromatic nitrogens is 1. The Balaban J connectivity index is 1.44. The molecule has 1 unspecified atom stereocenters. The van der Waals surface area contributed by atoms with Crippen LogP contribution in [0.15, 0.2) is 53.9 Å². The van der Waals surface area contributed by atoms with E-state index in [4.69, 9.17) is 11.6 Å². The molecule has 0 aliphatic heterocycles. The first-order valence-electron chi connectivity index (χ1n) is 10.5. The molecule has 33 heavy (non-hydrogen) atoms. The number of benzene rings is 2. The molecular weight excluding hydrogens is 460 g/mol. The second-order valence-corrected chi connectivity index (χ2v) is 8.79. The molecule has 3 amide bonds. The number of carbonyl (C=O) groups excluding carboxylic acids is 3. The molecule has 3 N–H and O–H groups in total. The van der Waals surface area contributed by atoms with Crippen LogP contribution in [0.4, 0.5) is 5.13 Å². The highest BCUT2D eigenvalue weighted by Crippen LogP contribution is 2.26. The zero-order valence-electron chi connectivity index (χ0n) is 18.4. The number of halogens is 1. The van der Waals surface area contributed by atoms with Crippen LogP contribution in [-0.2, 0) is 9.59 Å². The topological polar surface area (TPSA) is 100 Å². The summed E-state index contributed by atoms with van der Waals surface area (Å²) in [6, 6.07) is 14.3. The van der Waals surface area contributed by atoms with Crippen molar-refractivity contribution in [1.29, 1.82) is 0 Å². The summed E-state index contributed by atoms with van der Waals surface area (Å²) >= 11 is 7.17. The minimum atomic E-state index is -0.200. The van der Waals surface area contributed by atoms with E-state index in [1.807, 2.05) is 36.6 Å². The van der Waals surface area contributed by atoms with Gasteiger partial charge in [0.15, 0.2) is 5.13 Å². The molecule has 7 nitrogen and oxygen atoms in total. The Kier molecular flexibility index (Phi) is 8.57. The number of nitrogens with one attached hydrogen (secondary N) is 3. The van der Waals surface area contributed by atoms with Gasteiger partial charge in [-0.05, 0) is 43.2 Å². The summed E-state index contributed by atoms with van der Waals surface area (Å²) in [5, 5.41) is 11.4. The first-order valence-corrected chi connectivity index (χ1v) is 11.7. The molecule has 0 fully saturated rings. The molecule has 9 heteroatoms. The number of anilines is 1. The van der Waals surface area contributed by atoms with Crippen molar-refractivity contribution in [3.05, 3.63) is 70.1 Å². The van der Waals surface area contributed by atoms with Gasteiger partial charge in [0.25, 0.3) is 5.91 Å². The van der Waals surface area contributed by atoms with Crippen LogP contribution in [0.5, 0.6) is 0 Å². The molecule has 172 valence electrons. The summed E-state index contributed by atoms with van der Waals surface area (Å²) in [6.45, 7) is 3.81. The molecule has 0 radical (unpaired) electrons. The standard InChI is InChI=1S/C24H25ClN4O3S/c1-15(27-16(2)30)17-5-7-18(8-6-17)21-14-33-24(28-21)29-22(31)4-3-13-26-23(32)19-9-11-20(25)12-10-19/h5-12,14-15H,3-4,13H2,1-2H3,(H,26,32)(H,27,30)(H,28,29,31). The maximum atomic E-state index is 12.2. The highest BCUT2D eigenvalue weighted by atomic mass is 35.5. The Morgan fingerprint density at radius 3 is 2.42 bits per heavy atom. The Bertz CT molecular complexity index is 1110. The van der Waals surface area contributed by atoms with Crippen LogP contribution in [0.3, 0.4) is 0 Å². The lowest BCUT2D eigenvalue weighted by molar-refractivity contribution is -0.119. The lowest BCUT2D eigenvalue weighted by Gasteiger charge is -2.13. The number of nitrogens with zero attached hydrogens (tertiary/aromatic N) is 1. The van der Waals surface area contributed by atoms with Crippen molar-refractivity contribution < 1.29 is 14.4 Å². The van der Waals surface area contributed by atoms with Gasteiger partial charge in [0.05, 0.1) is 11.7 Å². The van der Waals surface area contributed by atoms with Crippen LogP contribution in [-0.4, -0.2) is 29.3 Å². The van der Waals surface area contributed by atoms with Gasteiger partial charge in [-0.2, -0.15) is 0 Å². The molecule has 0 aliphatic rings. The number of hydrogen-bond donors (Lipinski definition) is 3. The summed E-state index contributed by atoms with van der Waals surface area (Å²) in [6.07, 6.45) is 0.781. The summed E-state index contributed by atoms with van der Waals surface area (Å²) in [4.78, 5) is 40.0. The van der Waals surface area contributed by atoms with Crippen LogP contribution in [0, 0.1) is 0 Å². The molecule has 3 rings (SSSR count). The smallest absolute Gasteiger partial charge is 0.251 e. The molecule has 1 aromatic heterocycles. The molecule has 1 heterocycles. The average molecular weight is 485 g/mol. The fourth-order valence-corrected chi connectivity index (χ4v) is 3.99. The van der Waals surface area contributed by atoms with Gasteiger partial charge in [0.2, 0.25) is 11.8 Å². The number of rotatable bonds is 9. The minimum Gasteiger partial charge on any atom is -0.352 e. The highest BCUT2D eigenvalue weighted by molar-refractivity contribution is 7.14. The van der Waals surface area contributed by atoms with E-state index in [0.717, 1.165) is 16.8 Å². The first-order chi connectivity index (χ1) is 15.8. The third-order valence-electron chi connectivity index (χ3n) is 4.85. The van der Waals surface area contributed by atoms with Crippen LogP contribution < -0.4 is 16.0 Å². The number of amides is 3. The van der Waals surface area contributed by atoms with Crippen molar-refractivity contribution >= 4 is 45.8 Å². The summed E-state index contributed by atoms with van der Waals surface area (Å²) in [5.41, 5.74) is 3.22. The SMILES string of the molecule is CC(=O)NC(C)c1ccc(-c2csc(NC(=O)CCCNC(=O)c3ccc(Cl)cc3)n2)cc1. The van der Waals surface area contributed by atoms with Gasteiger partial charge >= 0.3 is 0 Å². The fraction of sp³-hybridized carbons (Fsp3) is 0.250. The van der Waals surface area contributed by atoms with Gasteiger partial charge in [0, 0.05) is 41.4 Å². The molecule has 3 aromatic rings. The summed E-state index contributed by atoms with van der Waals surface area (Å²) in [7, 11) is 0. The minimum absolute atomic E-state index is 0.0715. The van der Waals surface area contributed by atoms with E-state index in [-0.39, 0.29) is 30.2 Å². The summed E-state index contributed by atoms with van der Waals surface area (Å²) < 4.78 is 0. The molecule has 1 atom stereocenters. The second-order valence-electron chi connectivity index (χ2n) is 7.50. The van der Waals surface area contributed by atoms with Gasteiger partial charge in [0.1, 0.15) is 0 Å². The van der Waals surface area contributed by atoms with Crippen molar-refractivity contribution in [1.82, 2.24) is 15.6 Å². The largest absolute Gasteiger partial charge is 0.352 e. The van der Waals surface area contributed by atoms with Crippen molar-refractivity contribution in [3.63, 3.8) is 0 Å². The average Bonchev–Trinajstić information content (AvgIpc) is 3.25. The molecule has 0 saturated carbocycles. The van der Waals surface area contributed by atoms with Crippen LogP contribution >= 0.6 is 22.9 Å². The van der Waals surface area contributed by atoms with E-state index >= 15 is 0 Å². The van der Waals surface area contributed by atoms with Crippen molar-refractivity contribution in [2.24, 2.45) is 0 Å². The molecule has 0 spiro atoms. The third-order valence-corrected chi connectivity index (χ3v) is 5.86. The third kappa shape index (κ3) is 7.40. The Morgan fingerprint density at radius 2 is 1.76 bits per heavy atom. The number of hydrogen-bond acceptors (Lipinski definition) is 5. The van der Waals surface area contributed by atoms with Crippen LogP contribution in [0.25, 0.3) is 11.3 Å². The van der Waals surface area contributed by atoms with Gasteiger partial charge in [-0.15, -0.1) is 11.3 Å². The molecule has 2 aromatic carbocycles. The lowest BCUT2D eigenvalue weighted by Crippen LogP contribution is -2.25. The summed E-state index contributed by atoms with van der Waals surface area (Å²) in [5.74, 6) is -0.430. The second kappa shape index (κ2) is 11.6. The zero-order chi connectivity index (χ0) is 23.8. The Hall–Kier alpha value is -3.23. The molecule has 0 bridgehead atoms. The van der Waals surface area contributed by atoms with E-state index in [0.29, 0.717) is 28.7 Å². The van der Waals surface area contributed by atoms with E-state index in [2.05, 4.69) is 20.9 Å².